The summed E-state index contributed by atoms with van der Waals surface area (Å²) in [4.78, 5) is 26.2. The van der Waals surface area contributed by atoms with Gasteiger partial charge < -0.3 is 9.84 Å². The number of ether oxygens (including phenoxy) is 1. The molecule has 2 aliphatic rings. The highest BCUT2D eigenvalue weighted by atomic mass is 19.3. The Morgan fingerprint density at radius 2 is 2.05 bits per heavy atom. The number of likely N-dealkylation sites (tertiary alicyclic amines) is 1. The average molecular weight is 514 g/mol. The number of pyridine rings is 1. The van der Waals surface area contributed by atoms with Gasteiger partial charge in [0.05, 0.1) is 23.9 Å². The molecule has 3 aromatic heterocycles. The number of hydrogen-bond acceptors (Lipinski definition) is 8. The topological polar surface area (TPSA) is 119 Å². The van der Waals surface area contributed by atoms with Gasteiger partial charge in [-0.05, 0) is 37.5 Å². The van der Waals surface area contributed by atoms with Crippen LogP contribution < -0.4 is 4.74 Å². The minimum Gasteiger partial charge on any atom is -0.481 e. The third-order valence-electron chi connectivity index (χ3n) is 7.12. The molecule has 196 valence electrons. The molecule has 1 saturated carbocycles. The quantitative estimate of drug-likeness (QED) is 0.483. The lowest BCUT2D eigenvalue weighted by Gasteiger charge is -2.36. The van der Waals surface area contributed by atoms with E-state index < -0.39 is 30.8 Å². The Morgan fingerprint density at radius 1 is 1.24 bits per heavy atom. The first kappa shape index (κ1) is 25.1. The van der Waals surface area contributed by atoms with E-state index in [4.69, 9.17) is 4.74 Å². The van der Waals surface area contributed by atoms with Gasteiger partial charge in [0, 0.05) is 44.4 Å². The second kappa shape index (κ2) is 10.1. The number of nitrogens with zero attached hydrogens (tertiary/aromatic N) is 7. The van der Waals surface area contributed by atoms with Crippen molar-refractivity contribution in [2.45, 2.75) is 57.6 Å². The van der Waals surface area contributed by atoms with Crippen molar-refractivity contribution in [3.8, 4) is 17.4 Å². The van der Waals surface area contributed by atoms with Crippen LogP contribution in [-0.4, -0.2) is 64.9 Å². The normalized spacial score (nSPS) is 19.9. The van der Waals surface area contributed by atoms with Crippen LogP contribution in [0, 0.1) is 12.8 Å². The predicted molar refractivity (Wildman–Crippen MR) is 128 cm³/mol. The lowest BCUT2D eigenvalue weighted by molar-refractivity contribution is -0.153. The number of hydrogen-bond donors (Lipinski definition) is 1. The number of carbonyl (C=O) groups is 1. The molecule has 0 unspecified atom stereocenters. The molecule has 37 heavy (non-hydrogen) atoms. The van der Waals surface area contributed by atoms with E-state index in [1.54, 1.807) is 30.9 Å². The van der Waals surface area contributed by atoms with E-state index in [1.165, 1.54) is 11.3 Å². The Kier molecular flexibility index (Phi) is 6.84. The number of aromatic nitrogens is 6. The number of carboxylic acid groups (broad SMARTS) is 1. The SMILES string of the molecule is Cc1nc(-c2nnn(C)c2COc2nccc(C3CCC3)n2)ccc1CN1C[C@H](C(=O)O)CC(F)(F)C1. The smallest absolute Gasteiger partial charge is 0.316 e. The first-order valence-corrected chi connectivity index (χ1v) is 12.3. The van der Waals surface area contributed by atoms with E-state index in [0.717, 1.165) is 24.1 Å². The molecule has 0 aromatic carbocycles. The van der Waals surface area contributed by atoms with E-state index in [1.807, 2.05) is 12.1 Å². The monoisotopic (exact) mass is 513 g/mol. The first-order valence-electron chi connectivity index (χ1n) is 12.3. The van der Waals surface area contributed by atoms with E-state index in [9.17, 15) is 18.7 Å². The van der Waals surface area contributed by atoms with Gasteiger partial charge in [0.2, 0.25) is 0 Å². The average Bonchev–Trinajstić information content (AvgIpc) is 3.17. The molecular formula is C25H29F2N7O3. The maximum absolute atomic E-state index is 14.1. The summed E-state index contributed by atoms with van der Waals surface area (Å²) in [6.07, 6.45) is 4.55. The summed E-state index contributed by atoms with van der Waals surface area (Å²) in [5.74, 6) is -4.88. The summed E-state index contributed by atoms with van der Waals surface area (Å²) in [5, 5.41) is 17.6. The van der Waals surface area contributed by atoms with Crippen LogP contribution in [-0.2, 0) is 25.0 Å². The second-order valence-corrected chi connectivity index (χ2v) is 9.89. The Labute approximate surface area is 212 Å². The number of piperidine rings is 1. The number of carboxylic acids is 1. The molecule has 3 aromatic rings. The molecule has 0 bridgehead atoms. The van der Waals surface area contributed by atoms with Gasteiger partial charge in [-0.25, -0.2) is 18.4 Å². The number of halogens is 2. The van der Waals surface area contributed by atoms with Gasteiger partial charge in [-0.2, -0.15) is 4.98 Å². The molecule has 12 heteroatoms. The van der Waals surface area contributed by atoms with Gasteiger partial charge in [0.1, 0.15) is 18.0 Å². The molecule has 1 aliphatic carbocycles. The Morgan fingerprint density at radius 3 is 2.76 bits per heavy atom. The molecule has 1 atom stereocenters. The van der Waals surface area contributed by atoms with Crippen molar-refractivity contribution in [3.63, 3.8) is 0 Å². The zero-order valence-electron chi connectivity index (χ0n) is 20.8. The van der Waals surface area contributed by atoms with E-state index in [0.29, 0.717) is 34.7 Å². The highest BCUT2D eigenvalue weighted by Gasteiger charge is 2.43. The third-order valence-corrected chi connectivity index (χ3v) is 7.12. The van der Waals surface area contributed by atoms with Crippen molar-refractivity contribution in [3.05, 3.63) is 47.0 Å². The van der Waals surface area contributed by atoms with Crippen molar-refractivity contribution in [1.29, 1.82) is 0 Å². The van der Waals surface area contributed by atoms with Gasteiger partial charge in [-0.1, -0.05) is 17.7 Å². The molecule has 0 radical (unpaired) electrons. The lowest BCUT2D eigenvalue weighted by atomic mass is 9.83. The summed E-state index contributed by atoms with van der Waals surface area (Å²) in [5.41, 5.74) is 4.19. The minimum absolute atomic E-state index is 0.0712. The van der Waals surface area contributed by atoms with Gasteiger partial charge in [0.15, 0.2) is 0 Å². The lowest BCUT2D eigenvalue weighted by Crippen LogP contribution is -2.48. The minimum atomic E-state index is -3.04. The van der Waals surface area contributed by atoms with Crippen molar-refractivity contribution in [1.82, 2.24) is 34.8 Å². The molecule has 5 rings (SSSR count). The van der Waals surface area contributed by atoms with E-state index >= 15 is 0 Å². The molecule has 10 nitrogen and oxygen atoms in total. The molecule has 0 spiro atoms. The maximum atomic E-state index is 14.1. The van der Waals surface area contributed by atoms with Crippen LogP contribution in [0.2, 0.25) is 0 Å². The number of alkyl halides is 2. The Balaban J connectivity index is 1.30. The highest BCUT2D eigenvalue weighted by Crippen LogP contribution is 2.35. The van der Waals surface area contributed by atoms with Crippen molar-refractivity contribution in [2.75, 3.05) is 13.1 Å². The Bertz CT molecular complexity index is 1300. The molecule has 4 heterocycles. The predicted octanol–water partition coefficient (Wildman–Crippen LogP) is 3.36. The van der Waals surface area contributed by atoms with Crippen LogP contribution in [0.4, 0.5) is 8.78 Å². The molecule has 0 amide bonds. The standard InChI is InChI=1S/C25H29F2N7O3/c1-15-17(11-34-12-18(23(35)36)10-25(26,27)14-34)6-7-20(29-15)22-21(33(2)32-31-22)13-37-24-28-9-8-19(30-24)16-4-3-5-16/h6-9,16,18H,3-5,10-14H2,1-2H3,(H,35,36)/t18-/m1/s1. The van der Waals surface area contributed by atoms with Gasteiger partial charge in [0.25, 0.3) is 5.92 Å². The van der Waals surface area contributed by atoms with Crippen LogP contribution in [0.25, 0.3) is 11.4 Å². The summed E-state index contributed by atoms with van der Waals surface area (Å²) < 4.78 is 35.7. The number of aryl methyl sites for hydroxylation is 2. The summed E-state index contributed by atoms with van der Waals surface area (Å²) in [6.45, 7) is 1.72. The zero-order valence-corrected chi connectivity index (χ0v) is 20.8. The molecular weight excluding hydrogens is 484 g/mol. The second-order valence-electron chi connectivity index (χ2n) is 9.89. The number of rotatable bonds is 8. The highest BCUT2D eigenvalue weighted by molar-refractivity contribution is 5.70. The van der Waals surface area contributed by atoms with Crippen LogP contribution in [0.15, 0.2) is 24.4 Å². The van der Waals surface area contributed by atoms with Gasteiger partial charge >= 0.3 is 12.0 Å². The van der Waals surface area contributed by atoms with Crippen LogP contribution in [0.5, 0.6) is 6.01 Å². The number of aliphatic carboxylic acids is 1. The fraction of sp³-hybridized carbons (Fsp3) is 0.520. The molecule has 1 saturated heterocycles. The maximum Gasteiger partial charge on any atom is 0.316 e. The van der Waals surface area contributed by atoms with Crippen LogP contribution in [0.3, 0.4) is 0 Å². The fourth-order valence-electron chi connectivity index (χ4n) is 4.83. The van der Waals surface area contributed by atoms with Gasteiger partial charge in [-0.3, -0.25) is 14.7 Å². The largest absolute Gasteiger partial charge is 0.481 e. The van der Waals surface area contributed by atoms with E-state index in [-0.39, 0.29) is 19.7 Å². The van der Waals surface area contributed by atoms with Crippen molar-refractivity contribution < 1.29 is 23.4 Å². The van der Waals surface area contributed by atoms with Gasteiger partial charge in [-0.15, -0.1) is 5.10 Å². The molecule has 2 fully saturated rings. The first-order chi connectivity index (χ1) is 17.7. The third kappa shape index (κ3) is 5.58. The van der Waals surface area contributed by atoms with Crippen molar-refractivity contribution >= 4 is 5.97 Å². The zero-order chi connectivity index (χ0) is 26.2. The summed E-state index contributed by atoms with van der Waals surface area (Å²) >= 11 is 0. The summed E-state index contributed by atoms with van der Waals surface area (Å²) in [6, 6.07) is 5.80. The Hall–Kier alpha value is -3.54. The fourth-order valence-corrected chi connectivity index (χ4v) is 4.83. The van der Waals surface area contributed by atoms with E-state index in [2.05, 4.69) is 25.3 Å². The molecule has 1 aliphatic heterocycles. The van der Waals surface area contributed by atoms with Crippen molar-refractivity contribution in [2.24, 2.45) is 13.0 Å². The molecule has 1 N–H and O–H groups in total. The van der Waals surface area contributed by atoms with Crippen LogP contribution in [0.1, 0.15) is 54.2 Å². The summed E-state index contributed by atoms with van der Waals surface area (Å²) in [7, 11) is 1.76. The van der Waals surface area contributed by atoms with Crippen LogP contribution >= 0.6 is 0 Å².